The van der Waals surface area contributed by atoms with Gasteiger partial charge in [0, 0.05) is 17.8 Å². The summed E-state index contributed by atoms with van der Waals surface area (Å²) in [6.07, 6.45) is 2.81. The Labute approximate surface area is 131 Å². The van der Waals surface area contributed by atoms with Crippen molar-refractivity contribution in [1.29, 1.82) is 5.41 Å². The number of aromatic amines is 1. The largest absolute Gasteiger partial charge is 0.343 e. The van der Waals surface area contributed by atoms with Gasteiger partial charge in [0.25, 0.3) is 0 Å². The van der Waals surface area contributed by atoms with Gasteiger partial charge >= 0.3 is 0 Å². The number of hydroxylamine groups is 1. The number of pyridine rings is 1. The summed E-state index contributed by atoms with van der Waals surface area (Å²) < 4.78 is 27.0. The lowest BCUT2D eigenvalue weighted by Gasteiger charge is -2.19. The smallest absolute Gasteiger partial charge is 0.178 e. The van der Waals surface area contributed by atoms with Gasteiger partial charge in [0.2, 0.25) is 0 Å². The van der Waals surface area contributed by atoms with Gasteiger partial charge in [-0.15, -0.1) is 0 Å². The minimum Gasteiger partial charge on any atom is -0.343 e. The Balaban J connectivity index is 2.05. The maximum absolute atomic E-state index is 13.8. The van der Waals surface area contributed by atoms with Gasteiger partial charge in [-0.2, -0.15) is 0 Å². The molecule has 112 valence electrons. The number of nitrogens with zero attached hydrogens (tertiary/aromatic N) is 3. The number of halogens is 3. The molecule has 0 aliphatic heterocycles. The van der Waals surface area contributed by atoms with Crippen molar-refractivity contribution in [3.05, 3.63) is 52.4 Å². The average Bonchev–Trinajstić information content (AvgIpc) is 2.98. The summed E-state index contributed by atoms with van der Waals surface area (Å²) in [5.74, 6) is -2.21. The van der Waals surface area contributed by atoms with E-state index in [4.69, 9.17) is 5.41 Å². The molecule has 2 aromatic heterocycles. The van der Waals surface area contributed by atoms with Crippen LogP contribution in [0.2, 0.25) is 0 Å². The Morgan fingerprint density at radius 1 is 1.27 bits per heavy atom. The molecule has 0 radical (unpaired) electrons. The maximum Gasteiger partial charge on any atom is 0.178 e. The molecule has 0 fully saturated rings. The first kappa shape index (κ1) is 14.5. The summed E-state index contributed by atoms with van der Waals surface area (Å²) in [5.41, 5.74) is 0.692. The number of amidine groups is 1. The molecule has 0 saturated heterocycles. The molecule has 3 N–H and O–H groups in total. The van der Waals surface area contributed by atoms with Crippen molar-refractivity contribution in [2.24, 2.45) is 0 Å². The molecule has 0 bridgehead atoms. The van der Waals surface area contributed by atoms with E-state index in [1.165, 1.54) is 18.6 Å². The van der Waals surface area contributed by atoms with Crippen LogP contribution >= 0.6 is 15.9 Å². The zero-order valence-electron chi connectivity index (χ0n) is 10.8. The number of fused-ring (bicyclic) bond motifs is 1. The number of aromatic nitrogens is 3. The minimum absolute atomic E-state index is 0.0304. The molecule has 22 heavy (non-hydrogen) atoms. The molecule has 0 atom stereocenters. The molecular weight excluding hydrogens is 360 g/mol. The number of benzene rings is 1. The molecule has 0 aliphatic rings. The highest BCUT2D eigenvalue weighted by Crippen LogP contribution is 2.27. The topological polar surface area (TPSA) is 88.9 Å². The highest BCUT2D eigenvalue weighted by Gasteiger charge is 2.20. The first-order chi connectivity index (χ1) is 10.5. The monoisotopic (exact) mass is 367 g/mol. The predicted octanol–water partition coefficient (Wildman–Crippen LogP) is 3.22. The summed E-state index contributed by atoms with van der Waals surface area (Å²) in [4.78, 5) is 10.7. The Bertz CT molecular complexity index is 882. The molecule has 0 unspecified atom stereocenters. The number of imidazole rings is 1. The standard InChI is InChI=1S/C13H8BrF2N5O/c14-7-3-10(9(16)4-8(7)15)21(22)12(17)6-1-2-18-13-11(6)19-5-20-13/h1-5,17,22H,(H,18,19,20). The summed E-state index contributed by atoms with van der Waals surface area (Å²) in [6.45, 7) is 0. The third kappa shape index (κ3) is 2.34. The van der Waals surface area contributed by atoms with Crippen molar-refractivity contribution in [3.63, 3.8) is 0 Å². The normalized spacial score (nSPS) is 10.9. The van der Waals surface area contributed by atoms with Crippen LogP contribution in [-0.2, 0) is 0 Å². The lowest BCUT2D eigenvalue weighted by Crippen LogP contribution is -2.28. The number of anilines is 1. The highest BCUT2D eigenvalue weighted by atomic mass is 79.9. The van der Waals surface area contributed by atoms with Gasteiger partial charge in [-0.3, -0.25) is 10.6 Å². The fourth-order valence-electron chi connectivity index (χ4n) is 1.96. The Morgan fingerprint density at radius 2 is 2.05 bits per heavy atom. The van der Waals surface area contributed by atoms with E-state index in [1.807, 2.05) is 0 Å². The lowest BCUT2D eigenvalue weighted by atomic mass is 10.2. The second-order valence-corrected chi connectivity index (χ2v) is 5.19. The van der Waals surface area contributed by atoms with Gasteiger partial charge in [-0.05, 0) is 28.1 Å². The van der Waals surface area contributed by atoms with Crippen LogP contribution < -0.4 is 5.06 Å². The van der Waals surface area contributed by atoms with E-state index >= 15 is 0 Å². The zero-order chi connectivity index (χ0) is 15.9. The van der Waals surface area contributed by atoms with E-state index in [-0.39, 0.29) is 15.7 Å². The van der Waals surface area contributed by atoms with Crippen LogP contribution in [-0.4, -0.2) is 26.0 Å². The zero-order valence-corrected chi connectivity index (χ0v) is 12.4. The molecule has 0 spiro atoms. The van der Waals surface area contributed by atoms with Crippen LogP contribution in [0.5, 0.6) is 0 Å². The van der Waals surface area contributed by atoms with E-state index in [0.29, 0.717) is 22.3 Å². The Morgan fingerprint density at radius 3 is 2.82 bits per heavy atom. The fourth-order valence-corrected chi connectivity index (χ4v) is 2.29. The number of H-pyrrole nitrogens is 1. The summed E-state index contributed by atoms with van der Waals surface area (Å²) >= 11 is 2.91. The highest BCUT2D eigenvalue weighted by molar-refractivity contribution is 9.10. The van der Waals surface area contributed by atoms with E-state index in [1.54, 1.807) is 0 Å². The van der Waals surface area contributed by atoms with Crippen LogP contribution in [0.15, 0.2) is 35.2 Å². The molecule has 3 rings (SSSR count). The van der Waals surface area contributed by atoms with Crippen LogP contribution in [0.1, 0.15) is 5.56 Å². The van der Waals surface area contributed by atoms with Gasteiger partial charge < -0.3 is 4.98 Å². The lowest BCUT2D eigenvalue weighted by molar-refractivity contribution is 0.307. The van der Waals surface area contributed by atoms with E-state index in [0.717, 1.165) is 6.07 Å². The van der Waals surface area contributed by atoms with Crippen LogP contribution in [0.3, 0.4) is 0 Å². The third-order valence-electron chi connectivity index (χ3n) is 3.01. The molecule has 2 heterocycles. The van der Waals surface area contributed by atoms with Crippen molar-refractivity contribution >= 4 is 38.6 Å². The predicted molar refractivity (Wildman–Crippen MR) is 79.0 cm³/mol. The van der Waals surface area contributed by atoms with Gasteiger partial charge in [-0.1, -0.05) is 0 Å². The van der Waals surface area contributed by atoms with Crippen molar-refractivity contribution < 1.29 is 14.0 Å². The third-order valence-corrected chi connectivity index (χ3v) is 3.62. The van der Waals surface area contributed by atoms with Crippen LogP contribution in [0.25, 0.3) is 11.2 Å². The van der Waals surface area contributed by atoms with Crippen molar-refractivity contribution in [1.82, 2.24) is 15.0 Å². The molecule has 0 aliphatic carbocycles. The number of nitrogens with one attached hydrogen (secondary N) is 2. The summed E-state index contributed by atoms with van der Waals surface area (Å²) in [5, 5.41) is 18.5. The first-order valence-electron chi connectivity index (χ1n) is 5.99. The van der Waals surface area contributed by atoms with Gasteiger partial charge in [0.1, 0.15) is 11.5 Å². The van der Waals surface area contributed by atoms with Crippen molar-refractivity contribution in [3.8, 4) is 0 Å². The fraction of sp³-hybridized carbons (Fsp3) is 0. The average molecular weight is 368 g/mol. The Kier molecular flexibility index (Phi) is 3.59. The number of hydrogen-bond acceptors (Lipinski definition) is 4. The van der Waals surface area contributed by atoms with Gasteiger partial charge in [0.15, 0.2) is 17.3 Å². The summed E-state index contributed by atoms with van der Waals surface area (Å²) in [6, 6.07) is 3.14. The Hall–Kier alpha value is -2.39. The molecule has 0 saturated carbocycles. The van der Waals surface area contributed by atoms with Crippen molar-refractivity contribution in [2.45, 2.75) is 0 Å². The van der Waals surface area contributed by atoms with Gasteiger partial charge in [0.05, 0.1) is 16.3 Å². The SMILES string of the molecule is N=C(c1ccnc2nc[nH]c12)N(O)c1cc(Br)c(F)cc1F. The van der Waals surface area contributed by atoms with E-state index < -0.39 is 17.5 Å². The van der Waals surface area contributed by atoms with Crippen LogP contribution in [0.4, 0.5) is 14.5 Å². The molecule has 9 heteroatoms. The molecule has 6 nitrogen and oxygen atoms in total. The molecule has 0 amide bonds. The quantitative estimate of drug-likeness (QED) is 0.281. The first-order valence-corrected chi connectivity index (χ1v) is 6.79. The van der Waals surface area contributed by atoms with E-state index in [9.17, 15) is 14.0 Å². The minimum atomic E-state index is -0.997. The van der Waals surface area contributed by atoms with Crippen LogP contribution in [0, 0.1) is 17.0 Å². The second kappa shape index (κ2) is 5.43. The molecular formula is C13H8BrF2N5O. The van der Waals surface area contributed by atoms with E-state index in [2.05, 4.69) is 30.9 Å². The maximum atomic E-state index is 13.8. The second-order valence-electron chi connectivity index (χ2n) is 4.34. The van der Waals surface area contributed by atoms with Crippen molar-refractivity contribution in [2.75, 3.05) is 5.06 Å². The number of hydrogen-bond donors (Lipinski definition) is 3. The number of rotatable bonds is 2. The summed E-state index contributed by atoms with van der Waals surface area (Å²) in [7, 11) is 0. The molecule has 3 aromatic rings. The molecule has 1 aromatic carbocycles. The van der Waals surface area contributed by atoms with Gasteiger partial charge in [-0.25, -0.2) is 23.8 Å².